The normalized spacial score (nSPS) is 11.9. The summed E-state index contributed by atoms with van der Waals surface area (Å²) in [7, 11) is 1.60. The molecule has 1 aromatic carbocycles. The molecule has 0 saturated heterocycles. The number of hydrogen-bond acceptors (Lipinski definition) is 2. The number of benzene rings is 1. The Morgan fingerprint density at radius 1 is 1.53 bits per heavy atom. The maximum absolute atomic E-state index is 9.07. The van der Waals surface area contributed by atoms with Crippen LogP contribution in [0.2, 0.25) is 5.02 Å². The van der Waals surface area contributed by atoms with Gasteiger partial charge in [0.2, 0.25) is 0 Å². The van der Waals surface area contributed by atoms with Crippen LogP contribution < -0.4 is 4.74 Å². The zero-order valence-corrected chi connectivity index (χ0v) is 9.71. The van der Waals surface area contributed by atoms with E-state index in [0.29, 0.717) is 5.02 Å². The molecule has 0 N–H and O–H groups in total. The molecular weight excluding hydrogens is 210 g/mol. The number of nitriles is 1. The van der Waals surface area contributed by atoms with Gasteiger partial charge in [-0.3, -0.25) is 0 Å². The second-order valence-corrected chi connectivity index (χ2v) is 3.79. The molecule has 0 bridgehead atoms. The Kier molecular flexibility index (Phi) is 4.45. The van der Waals surface area contributed by atoms with Gasteiger partial charge in [-0.15, -0.1) is 0 Å². The molecular formula is C12H14ClNO. The molecule has 3 heteroatoms. The molecule has 0 radical (unpaired) electrons. The van der Waals surface area contributed by atoms with Gasteiger partial charge in [-0.2, -0.15) is 5.26 Å². The first-order valence-electron chi connectivity index (χ1n) is 4.96. The first-order valence-corrected chi connectivity index (χ1v) is 5.33. The SMILES string of the molecule is CCCC(C#N)c1cc(Cl)ccc1OC. The maximum atomic E-state index is 9.07. The van der Waals surface area contributed by atoms with Crippen molar-refractivity contribution in [3.8, 4) is 11.8 Å². The molecule has 0 amide bonds. The molecule has 0 aromatic heterocycles. The molecule has 0 aliphatic heterocycles. The van der Waals surface area contributed by atoms with Crippen molar-refractivity contribution in [2.24, 2.45) is 0 Å². The van der Waals surface area contributed by atoms with E-state index in [0.717, 1.165) is 24.2 Å². The van der Waals surface area contributed by atoms with E-state index in [-0.39, 0.29) is 5.92 Å². The Morgan fingerprint density at radius 2 is 2.27 bits per heavy atom. The molecule has 0 aliphatic carbocycles. The van der Waals surface area contributed by atoms with E-state index in [2.05, 4.69) is 13.0 Å². The summed E-state index contributed by atoms with van der Waals surface area (Å²) in [5.74, 6) is 0.600. The summed E-state index contributed by atoms with van der Waals surface area (Å²) < 4.78 is 5.22. The van der Waals surface area contributed by atoms with Crippen molar-refractivity contribution in [3.63, 3.8) is 0 Å². The Labute approximate surface area is 95.4 Å². The van der Waals surface area contributed by atoms with Crippen LogP contribution in [0.4, 0.5) is 0 Å². The third-order valence-electron chi connectivity index (χ3n) is 2.30. The van der Waals surface area contributed by atoms with Crippen molar-refractivity contribution in [1.82, 2.24) is 0 Å². The average Bonchev–Trinajstić information content (AvgIpc) is 2.26. The fourth-order valence-electron chi connectivity index (χ4n) is 1.56. The smallest absolute Gasteiger partial charge is 0.123 e. The molecule has 0 saturated carbocycles. The van der Waals surface area contributed by atoms with Crippen molar-refractivity contribution in [3.05, 3.63) is 28.8 Å². The van der Waals surface area contributed by atoms with Crippen LogP contribution in [0.25, 0.3) is 0 Å². The van der Waals surface area contributed by atoms with Gasteiger partial charge in [0.1, 0.15) is 5.75 Å². The van der Waals surface area contributed by atoms with Crippen LogP contribution in [0.1, 0.15) is 31.2 Å². The molecule has 0 aliphatic rings. The van der Waals surface area contributed by atoms with E-state index in [1.807, 2.05) is 6.07 Å². The minimum Gasteiger partial charge on any atom is -0.496 e. The standard InChI is InChI=1S/C12H14ClNO/c1-3-4-9(8-14)11-7-10(13)5-6-12(11)15-2/h5-7,9H,3-4H2,1-2H3. The van der Waals surface area contributed by atoms with Gasteiger partial charge in [-0.1, -0.05) is 24.9 Å². The molecule has 80 valence electrons. The third-order valence-corrected chi connectivity index (χ3v) is 2.54. The molecule has 1 atom stereocenters. The molecule has 0 heterocycles. The number of methoxy groups -OCH3 is 1. The van der Waals surface area contributed by atoms with Crippen molar-refractivity contribution >= 4 is 11.6 Å². The zero-order valence-electron chi connectivity index (χ0n) is 8.96. The summed E-state index contributed by atoms with van der Waals surface area (Å²) in [5, 5.41) is 9.71. The second kappa shape index (κ2) is 5.63. The van der Waals surface area contributed by atoms with Gasteiger partial charge in [-0.25, -0.2) is 0 Å². The fourth-order valence-corrected chi connectivity index (χ4v) is 1.74. The maximum Gasteiger partial charge on any atom is 0.123 e. The summed E-state index contributed by atoms with van der Waals surface area (Å²) in [6, 6.07) is 7.66. The van der Waals surface area contributed by atoms with Crippen LogP contribution in [-0.4, -0.2) is 7.11 Å². The van der Waals surface area contributed by atoms with Crippen molar-refractivity contribution < 1.29 is 4.74 Å². The summed E-state index contributed by atoms with van der Waals surface area (Å²) >= 11 is 5.91. The lowest BCUT2D eigenvalue weighted by Gasteiger charge is -2.13. The minimum absolute atomic E-state index is 0.136. The first kappa shape index (κ1) is 11.9. The van der Waals surface area contributed by atoms with E-state index >= 15 is 0 Å². The third kappa shape index (κ3) is 2.87. The highest BCUT2D eigenvalue weighted by molar-refractivity contribution is 6.30. The first-order chi connectivity index (χ1) is 7.22. The van der Waals surface area contributed by atoms with Crippen LogP contribution in [0, 0.1) is 11.3 Å². The van der Waals surface area contributed by atoms with Gasteiger partial charge in [0.25, 0.3) is 0 Å². The predicted octanol–water partition coefficient (Wildman–Crippen LogP) is 3.76. The van der Waals surface area contributed by atoms with Gasteiger partial charge < -0.3 is 4.74 Å². The van der Waals surface area contributed by atoms with Crippen LogP contribution in [-0.2, 0) is 0 Å². The number of hydrogen-bond donors (Lipinski definition) is 0. The van der Waals surface area contributed by atoms with Crippen LogP contribution in [0.5, 0.6) is 5.75 Å². The molecule has 0 spiro atoms. The van der Waals surface area contributed by atoms with Crippen LogP contribution in [0.3, 0.4) is 0 Å². The average molecular weight is 224 g/mol. The Hall–Kier alpha value is -1.20. The lowest BCUT2D eigenvalue weighted by molar-refractivity contribution is 0.407. The van der Waals surface area contributed by atoms with Gasteiger partial charge in [0.05, 0.1) is 19.1 Å². The summed E-state index contributed by atoms with van der Waals surface area (Å²) in [6.45, 7) is 2.06. The Morgan fingerprint density at radius 3 is 2.80 bits per heavy atom. The monoisotopic (exact) mass is 223 g/mol. The number of halogens is 1. The van der Waals surface area contributed by atoms with Crippen molar-refractivity contribution in [1.29, 1.82) is 5.26 Å². The van der Waals surface area contributed by atoms with E-state index in [4.69, 9.17) is 21.6 Å². The highest BCUT2D eigenvalue weighted by Crippen LogP contribution is 2.31. The molecule has 0 fully saturated rings. The largest absolute Gasteiger partial charge is 0.496 e. The lowest BCUT2D eigenvalue weighted by Crippen LogP contribution is -1.99. The minimum atomic E-state index is -0.136. The van der Waals surface area contributed by atoms with E-state index < -0.39 is 0 Å². The summed E-state index contributed by atoms with van der Waals surface area (Å²) in [5.41, 5.74) is 0.884. The van der Waals surface area contributed by atoms with Gasteiger partial charge >= 0.3 is 0 Å². The van der Waals surface area contributed by atoms with Crippen molar-refractivity contribution in [2.45, 2.75) is 25.7 Å². The Balaban J connectivity index is 3.09. The van der Waals surface area contributed by atoms with Crippen LogP contribution in [0.15, 0.2) is 18.2 Å². The van der Waals surface area contributed by atoms with Crippen LogP contribution >= 0.6 is 11.6 Å². The van der Waals surface area contributed by atoms with E-state index in [9.17, 15) is 0 Å². The molecule has 15 heavy (non-hydrogen) atoms. The topological polar surface area (TPSA) is 33.0 Å². The predicted molar refractivity (Wildman–Crippen MR) is 61.3 cm³/mol. The van der Waals surface area contributed by atoms with Gasteiger partial charge in [-0.05, 0) is 24.6 Å². The number of ether oxygens (including phenoxy) is 1. The molecule has 1 aromatic rings. The molecule has 1 unspecified atom stereocenters. The summed E-state index contributed by atoms with van der Waals surface area (Å²) in [4.78, 5) is 0. The fraction of sp³-hybridized carbons (Fsp3) is 0.417. The quantitative estimate of drug-likeness (QED) is 0.779. The zero-order chi connectivity index (χ0) is 11.3. The Bertz CT molecular complexity index is 370. The highest BCUT2D eigenvalue weighted by atomic mass is 35.5. The molecule has 1 rings (SSSR count). The lowest BCUT2D eigenvalue weighted by atomic mass is 9.95. The highest BCUT2D eigenvalue weighted by Gasteiger charge is 2.15. The number of nitrogens with zero attached hydrogens (tertiary/aromatic N) is 1. The second-order valence-electron chi connectivity index (χ2n) is 3.36. The summed E-state index contributed by atoms with van der Waals surface area (Å²) in [6.07, 6.45) is 1.79. The van der Waals surface area contributed by atoms with Crippen molar-refractivity contribution in [2.75, 3.05) is 7.11 Å². The van der Waals surface area contributed by atoms with E-state index in [1.165, 1.54) is 0 Å². The van der Waals surface area contributed by atoms with E-state index in [1.54, 1.807) is 19.2 Å². The van der Waals surface area contributed by atoms with Gasteiger partial charge in [0.15, 0.2) is 0 Å². The van der Waals surface area contributed by atoms with Gasteiger partial charge in [0, 0.05) is 10.6 Å². The molecule has 2 nitrogen and oxygen atoms in total. The number of rotatable bonds is 4.